The second kappa shape index (κ2) is 5.92. The Morgan fingerprint density at radius 1 is 1.25 bits per heavy atom. The Labute approximate surface area is 143 Å². The fourth-order valence-electron chi connectivity index (χ4n) is 3.85. The van der Waals surface area contributed by atoms with Crippen LogP contribution in [0.15, 0.2) is 36.7 Å². The smallest absolute Gasteiger partial charge is 0.152 e. The van der Waals surface area contributed by atoms with Crippen molar-refractivity contribution < 1.29 is 8.42 Å². The molecule has 1 aromatic heterocycles. The summed E-state index contributed by atoms with van der Waals surface area (Å²) in [7, 11) is -2.88. The van der Waals surface area contributed by atoms with Gasteiger partial charge in [-0.15, -0.1) is 0 Å². The quantitative estimate of drug-likeness (QED) is 0.858. The number of benzene rings is 1. The van der Waals surface area contributed by atoms with Crippen LogP contribution in [-0.2, 0) is 16.4 Å². The van der Waals surface area contributed by atoms with Crippen LogP contribution in [0.3, 0.4) is 0 Å². The summed E-state index contributed by atoms with van der Waals surface area (Å²) in [6, 6.07) is 8.61. The van der Waals surface area contributed by atoms with E-state index in [2.05, 4.69) is 41.2 Å². The highest BCUT2D eigenvalue weighted by Gasteiger charge is 2.30. The van der Waals surface area contributed by atoms with Gasteiger partial charge in [0.05, 0.1) is 23.7 Å². The highest BCUT2D eigenvalue weighted by atomic mass is 32.2. The van der Waals surface area contributed by atoms with Crippen molar-refractivity contribution in [3.63, 3.8) is 0 Å². The van der Waals surface area contributed by atoms with E-state index in [1.165, 1.54) is 11.3 Å². The molecular weight excluding hydrogens is 322 g/mol. The summed E-state index contributed by atoms with van der Waals surface area (Å²) in [5, 5.41) is 4.43. The van der Waals surface area contributed by atoms with Crippen molar-refractivity contribution in [1.29, 1.82) is 0 Å². The Morgan fingerprint density at radius 2 is 2.08 bits per heavy atom. The van der Waals surface area contributed by atoms with Crippen molar-refractivity contribution >= 4 is 15.5 Å². The van der Waals surface area contributed by atoms with Gasteiger partial charge in [-0.3, -0.25) is 4.68 Å². The molecule has 24 heavy (non-hydrogen) atoms. The largest absolute Gasteiger partial charge is 0.367 e. The normalized spacial score (nSPS) is 25.6. The molecule has 0 amide bonds. The zero-order chi connectivity index (χ0) is 16.7. The van der Waals surface area contributed by atoms with Gasteiger partial charge in [0.2, 0.25) is 0 Å². The minimum absolute atomic E-state index is 0.00239. The van der Waals surface area contributed by atoms with Crippen LogP contribution in [0.2, 0.25) is 0 Å². The highest BCUT2D eigenvalue weighted by molar-refractivity contribution is 7.91. The molecule has 2 aliphatic heterocycles. The van der Waals surface area contributed by atoms with E-state index >= 15 is 0 Å². The molecule has 1 saturated heterocycles. The molecule has 0 spiro atoms. The molecule has 3 heterocycles. The predicted molar refractivity (Wildman–Crippen MR) is 95.1 cm³/mol. The van der Waals surface area contributed by atoms with Crippen LogP contribution in [0.1, 0.15) is 42.9 Å². The van der Waals surface area contributed by atoms with Crippen molar-refractivity contribution in [3.05, 3.63) is 47.8 Å². The summed E-state index contributed by atoms with van der Waals surface area (Å²) < 4.78 is 25.2. The SMILES string of the molecule is C[C@@H]1CCN(Cc2cnn([C@H]3CCS(=O)(=O)C3)c2)c2ccccc21. The minimum atomic E-state index is -2.88. The standard InChI is InChI=1S/C18H23N3O2S/c1-14-6-8-20(18-5-3-2-4-17(14)18)11-15-10-19-21(12-15)16-7-9-24(22,23)13-16/h2-5,10,12,14,16H,6-9,11,13H2,1H3/t14-,16+/m1/s1. The first kappa shape index (κ1) is 15.7. The third-order valence-corrected chi connectivity index (χ3v) is 7.00. The first-order valence-corrected chi connectivity index (χ1v) is 10.4. The lowest BCUT2D eigenvalue weighted by Crippen LogP contribution is -2.29. The third-order valence-electron chi connectivity index (χ3n) is 5.25. The maximum absolute atomic E-state index is 11.7. The molecule has 1 fully saturated rings. The molecule has 1 aromatic carbocycles. The maximum Gasteiger partial charge on any atom is 0.152 e. The first-order chi connectivity index (χ1) is 11.5. The van der Waals surface area contributed by atoms with E-state index in [0.29, 0.717) is 12.3 Å². The van der Waals surface area contributed by atoms with Crippen LogP contribution in [0.4, 0.5) is 5.69 Å². The number of aromatic nitrogens is 2. The van der Waals surface area contributed by atoms with Gasteiger partial charge in [0, 0.05) is 30.5 Å². The molecule has 4 rings (SSSR count). The Morgan fingerprint density at radius 3 is 2.88 bits per heavy atom. The van der Waals surface area contributed by atoms with Crippen molar-refractivity contribution in [2.45, 2.75) is 38.3 Å². The highest BCUT2D eigenvalue weighted by Crippen LogP contribution is 2.35. The summed E-state index contributed by atoms with van der Waals surface area (Å²) in [5.41, 5.74) is 3.87. The number of rotatable bonds is 3. The zero-order valence-electron chi connectivity index (χ0n) is 13.9. The van der Waals surface area contributed by atoms with Crippen LogP contribution < -0.4 is 4.90 Å². The molecule has 0 aliphatic carbocycles. The zero-order valence-corrected chi connectivity index (χ0v) is 14.7. The summed E-state index contributed by atoms with van der Waals surface area (Å²) in [4.78, 5) is 2.40. The molecule has 2 aliphatic rings. The molecule has 0 unspecified atom stereocenters. The molecular formula is C18H23N3O2S. The van der Waals surface area contributed by atoms with E-state index < -0.39 is 9.84 Å². The van der Waals surface area contributed by atoms with E-state index in [0.717, 1.165) is 25.1 Å². The van der Waals surface area contributed by atoms with Gasteiger partial charge >= 0.3 is 0 Å². The number of anilines is 1. The second-order valence-corrected chi connectivity index (χ2v) is 9.28. The first-order valence-electron chi connectivity index (χ1n) is 8.59. The average Bonchev–Trinajstić information content (AvgIpc) is 3.16. The van der Waals surface area contributed by atoms with E-state index in [9.17, 15) is 8.42 Å². The summed E-state index contributed by atoms with van der Waals surface area (Å²) >= 11 is 0. The number of hydrogen-bond acceptors (Lipinski definition) is 4. The monoisotopic (exact) mass is 345 g/mol. The van der Waals surface area contributed by atoms with Gasteiger partial charge in [-0.25, -0.2) is 8.42 Å². The topological polar surface area (TPSA) is 55.2 Å². The van der Waals surface area contributed by atoms with Gasteiger partial charge in [0.15, 0.2) is 9.84 Å². The molecule has 6 heteroatoms. The van der Waals surface area contributed by atoms with Crippen molar-refractivity contribution in [2.75, 3.05) is 23.0 Å². The second-order valence-electron chi connectivity index (χ2n) is 7.06. The lowest BCUT2D eigenvalue weighted by molar-refractivity contribution is 0.499. The Hall–Kier alpha value is -1.82. The van der Waals surface area contributed by atoms with Gasteiger partial charge in [0.25, 0.3) is 0 Å². The number of sulfone groups is 1. The fourth-order valence-corrected chi connectivity index (χ4v) is 5.55. The maximum atomic E-state index is 11.7. The molecule has 0 radical (unpaired) electrons. The number of nitrogens with zero attached hydrogens (tertiary/aromatic N) is 3. The van der Waals surface area contributed by atoms with Gasteiger partial charge in [-0.1, -0.05) is 25.1 Å². The number of fused-ring (bicyclic) bond motifs is 1. The van der Waals surface area contributed by atoms with E-state index in [1.807, 2.05) is 17.1 Å². The molecule has 2 atom stereocenters. The van der Waals surface area contributed by atoms with Crippen LogP contribution in [0, 0.1) is 0 Å². The molecule has 128 valence electrons. The molecule has 2 aromatic rings. The van der Waals surface area contributed by atoms with Gasteiger partial charge in [0.1, 0.15) is 0 Å². The van der Waals surface area contributed by atoms with Gasteiger partial charge in [-0.05, 0) is 30.4 Å². The minimum Gasteiger partial charge on any atom is -0.367 e. The molecule has 0 saturated carbocycles. The predicted octanol–water partition coefficient (Wildman–Crippen LogP) is 2.76. The summed E-state index contributed by atoms with van der Waals surface area (Å²) in [5.74, 6) is 1.10. The van der Waals surface area contributed by atoms with Crippen molar-refractivity contribution in [1.82, 2.24) is 9.78 Å². The van der Waals surface area contributed by atoms with Gasteiger partial charge in [-0.2, -0.15) is 5.10 Å². The van der Waals surface area contributed by atoms with E-state index in [4.69, 9.17) is 0 Å². The van der Waals surface area contributed by atoms with Crippen LogP contribution in [0.5, 0.6) is 0 Å². The van der Waals surface area contributed by atoms with Crippen LogP contribution in [-0.4, -0.2) is 36.2 Å². The van der Waals surface area contributed by atoms with Crippen LogP contribution in [0.25, 0.3) is 0 Å². The lowest BCUT2D eigenvalue weighted by Gasteiger charge is -2.34. The molecule has 0 N–H and O–H groups in total. The lowest BCUT2D eigenvalue weighted by atomic mass is 9.91. The molecule has 0 bridgehead atoms. The summed E-state index contributed by atoms with van der Waals surface area (Å²) in [6.07, 6.45) is 5.73. The Kier molecular flexibility index (Phi) is 3.87. The van der Waals surface area contributed by atoms with Crippen LogP contribution >= 0.6 is 0 Å². The van der Waals surface area contributed by atoms with Crippen molar-refractivity contribution in [2.24, 2.45) is 0 Å². The van der Waals surface area contributed by atoms with Crippen molar-refractivity contribution in [3.8, 4) is 0 Å². The fraction of sp³-hybridized carbons (Fsp3) is 0.500. The van der Waals surface area contributed by atoms with Gasteiger partial charge < -0.3 is 4.90 Å². The van der Waals surface area contributed by atoms with E-state index in [1.54, 1.807) is 0 Å². The number of para-hydroxylation sites is 1. The Bertz CT molecular complexity index is 843. The Balaban J connectivity index is 1.52. The average molecular weight is 345 g/mol. The van der Waals surface area contributed by atoms with E-state index in [-0.39, 0.29) is 17.5 Å². The third kappa shape index (κ3) is 2.95. The molecule has 5 nitrogen and oxygen atoms in total. The summed E-state index contributed by atoms with van der Waals surface area (Å²) in [6.45, 7) is 4.15. The number of hydrogen-bond donors (Lipinski definition) is 0.